The van der Waals surface area contributed by atoms with Gasteiger partial charge in [0.05, 0.1) is 25.4 Å². The summed E-state index contributed by atoms with van der Waals surface area (Å²) < 4.78 is 51.6. The topological polar surface area (TPSA) is 148 Å². The molecule has 1 aromatic heterocycles. The van der Waals surface area contributed by atoms with Crippen molar-refractivity contribution < 1.29 is 46.6 Å². The second kappa shape index (κ2) is 11.9. The van der Waals surface area contributed by atoms with E-state index in [2.05, 4.69) is 15.0 Å². The number of alkyl halides is 3. The molecule has 3 rings (SSSR count). The summed E-state index contributed by atoms with van der Waals surface area (Å²) in [4.78, 5) is 54.0. The van der Waals surface area contributed by atoms with E-state index in [-0.39, 0.29) is 54.1 Å². The molecule has 1 aromatic carbocycles. The van der Waals surface area contributed by atoms with Crippen LogP contribution in [0.4, 0.5) is 13.2 Å². The van der Waals surface area contributed by atoms with E-state index in [0.717, 1.165) is 0 Å². The van der Waals surface area contributed by atoms with E-state index in [4.69, 9.17) is 14.9 Å². The number of carbonyl (C=O) groups excluding carboxylic acids is 4. The van der Waals surface area contributed by atoms with E-state index in [0.29, 0.717) is 16.8 Å². The van der Waals surface area contributed by atoms with Crippen LogP contribution in [0.5, 0.6) is 11.6 Å². The molecule has 0 saturated heterocycles. The van der Waals surface area contributed by atoms with Gasteiger partial charge in [-0.2, -0.15) is 13.2 Å². The summed E-state index contributed by atoms with van der Waals surface area (Å²) >= 11 is 0. The first kappa shape index (κ1) is 31.0. The van der Waals surface area contributed by atoms with Crippen molar-refractivity contribution in [1.82, 2.24) is 15.2 Å². The number of hydrogen-bond acceptors (Lipinski definition) is 9. The zero-order chi connectivity index (χ0) is 30.7. The van der Waals surface area contributed by atoms with Crippen LogP contribution in [0.15, 0.2) is 24.3 Å². The maximum Gasteiger partial charge on any atom is 0.491 e. The lowest BCUT2D eigenvalue weighted by atomic mass is 9.85. The predicted octanol–water partition coefficient (Wildman–Crippen LogP) is 3.17. The average molecular weight is 579 g/mol. The number of amides is 1. The van der Waals surface area contributed by atoms with Gasteiger partial charge in [-0.1, -0.05) is 20.8 Å². The number of benzene rings is 1. The van der Waals surface area contributed by atoms with Gasteiger partial charge in [0.15, 0.2) is 12.4 Å². The van der Waals surface area contributed by atoms with Crippen LogP contribution in [0.3, 0.4) is 0 Å². The van der Waals surface area contributed by atoms with Gasteiger partial charge in [0, 0.05) is 23.7 Å². The molecule has 2 heterocycles. The molecular weight excluding hydrogens is 549 g/mol. The number of Topliss-reactive ketones (excluding diaryl/α,β-unsaturated/α-hetero) is 1. The Balaban J connectivity index is 1.78. The maximum atomic E-state index is 13.3. The van der Waals surface area contributed by atoms with Gasteiger partial charge >= 0.3 is 18.1 Å². The first-order valence-electron chi connectivity index (χ1n) is 12.4. The van der Waals surface area contributed by atoms with E-state index in [9.17, 15) is 32.3 Å². The van der Waals surface area contributed by atoms with Crippen molar-refractivity contribution in [3.05, 3.63) is 52.2 Å². The van der Waals surface area contributed by atoms with Gasteiger partial charge in [0.2, 0.25) is 5.88 Å². The summed E-state index contributed by atoms with van der Waals surface area (Å²) in [5, 5.41) is 11.1. The number of nitrogens with one attached hydrogen (secondary N) is 2. The third kappa shape index (κ3) is 7.18. The van der Waals surface area contributed by atoms with Gasteiger partial charge in [0.25, 0.3) is 5.91 Å². The summed E-state index contributed by atoms with van der Waals surface area (Å²) in [5.41, 5.74) is 1.15. The summed E-state index contributed by atoms with van der Waals surface area (Å²) in [6.07, 6.45) is -5.32. The highest BCUT2D eigenvalue weighted by Crippen LogP contribution is 2.33. The molecule has 1 amide bonds. The van der Waals surface area contributed by atoms with E-state index >= 15 is 0 Å². The summed E-state index contributed by atoms with van der Waals surface area (Å²) in [7, 11) is 1.46. The Hall–Kier alpha value is -4.49. The third-order valence-corrected chi connectivity index (χ3v) is 5.96. The third-order valence-electron chi connectivity index (χ3n) is 5.96. The number of carbonyl (C=O) groups is 4. The number of halogens is 3. The Morgan fingerprint density at radius 3 is 2.37 bits per heavy atom. The molecule has 2 N–H and O–H groups in total. The normalized spacial score (nSPS) is 13.0. The molecule has 14 heteroatoms. The van der Waals surface area contributed by atoms with E-state index in [1.807, 2.05) is 0 Å². The molecule has 0 aliphatic carbocycles. The maximum absolute atomic E-state index is 13.3. The minimum Gasteiger partial charge on any atom is -0.482 e. The highest BCUT2D eigenvalue weighted by atomic mass is 19.4. The fourth-order valence-corrected chi connectivity index (χ4v) is 3.97. The molecule has 0 saturated carbocycles. The van der Waals surface area contributed by atoms with Crippen molar-refractivity contribution in [2.24, 2.45) is 0 Å². The zero-order valence-corrected chi connectivity index (χ0v) is 23.0. The molecule has 41 heavy (non-hydrogen) atoms. The van der Waals surface area contributed by atoms with Crippen LogP contribution in [0.1, 0.15) is 65.2 Å². The Morgan fingerprint density at radius 1 is 1.10 bits per heavy atom. The number of aromatic nitrogens is 1. The fraction of sp³-hybridized carbons (Fsp3) is 0.407. The molecule has 0 radical (unpaired) electrons. The van der Waals surface area contributed by atoms with Gasteiger partial charge in [-0.05, 0) is 36.6 Å². The number of nitrogens with zero attached hydrogens (tertiary/aromatic N) is 2. The van der Waals surface area contributed by atoms with Crippen LogP contribution < -0.4 is 14.8 Å². The minimum absolute atomic E-state index is 0.0111. The van der Waals surface area contributed by atoms with Crippen LogP contribution in [-0.2, 0) is 26.3 Å². The number of rotatable bonds is 9. The molecule has 1 aliphatic rings. The van der Waals surface area contributed by atoms with Crippen molar-refractivity contribution in [2.45, 2.75) is 45.8 Å². The summed E-state index contributed by atoms with van der Waals surface area (Å²) in [6, 6.07) is 5.85. The first-order chi connectivity index (χ1) is 19.1. The van der Waals surface area contributed by atoms with Crippen LogP contribution in [0, 0.1) is 5.41 Å². The van der Waals surface area contributed by atoms with Gasteiger partial charge in [-0.25, -0.2) is 14.6 Å². The Morgan fingerprint density at radius 2 is 1.78 bits per heavy atom. The molecule has 0 unspecified atom stereocenters. The lowest BCUT2D eigenvalue weighted by molar-refractivity contribution is -0.202. The van der Waals surface area contributed by atoms with E-state index in [1.165, 1.54) is 36.2 Å². The number of pyridine rings is 1. The van der Waals surface area contributed by atoms with Crippen molar-refractivity contribution in [3.63, 3.8) is 0 Å². The molecule has 0 fully saturated rings. The zero-order valence-electron chi connectivity index (χ0n) is 23.0. The average Bonchev–Trinajstić information content (AvgIpc) is 3.19. The monoisotopic (exact) mass is 578 g/mol. The molecular formula is C27H29F3N4O7. The summed E-state index contributed by atoms with van der Waals surface area (Å²) in [5.74, 6) is -4.71. The van der Waals surface area contributed by atoms with Crippen molar-refractivity contribution in [1.29, 1.82) is 5.41 Å². The Kier molecular flexibility index (Phi) is 9.04. The van der Waals surface area contributed by atoms with Crippen LogP contribution in [0.25, 0.3) is 0 Å². The second-order valence-corrected chi connectivity index (χ2v) is 9.98. The number of hydrogen-bond donors (Lipinski definition) is 2. The number of esters is 2. The SMILES string of the molecule is CCOc1nc2c(cc1C(=O)NC)C(=N)N(CC(=O)c1ccc(OCC(=O)OC(=O)C(F)(F)F)c(C(C)(C)C)c1)C2. The summed E-state index contributed by atoms with van der Waals surface area (Å²) in [6.45, 7) is 6.41. The second-order valence-electron chi connectivity index (χ2n) is 9.98. The highest BCUT2D eigenvalue weighted by molar-refractivity contribution is 6.07. The van der Waals surface area contributed by atoms with Crippen LogP contribution in [-0.4, -0.2) is 72.3 Å². The van der Waals surface area contributed by atoms with Gasteiger partial charge < -0.3 is 24.4 Å². The molecule has 11 nitrogen and oxygen atoms in total. The largest absolute Gasteiger partial charge is 0.491 e. The standard InChI is InChI=1S/C27H29F3N4O7/c1-6-39-24-16(23(37)32-5)10-15-18(33-24)11-34(22(15)31)12-19(35)14-7-8-20(17(9-14)26(2,3)4)40-13-21(36)41-25(38)27(28,29)30/h7-10,31H,6,11-13H2,1-5H3,(H,32,37). The molecule has 220 valence electrons. The number of amidine groups is 1. The van der Waals surface area contributed by atoms with Crippen molar-refractivity contribution >= 4 is 29.5 Å². The van der Waals surface area contributed by atoms with Crippen molar-refractivity contribution in [3.8, 4) is 11.6 Å². The molecule has 1 aliphatic heterocycles. The smallest absolute Gasteiger partial charge is 0.482 e. The van der Waals surface area contributed by atoms with Gasteiger partial charge in [-0.3, -0.25) is 15.0 Å². The van der Waals surface area contributed by atoms with E-state index in [1.54, 1.807) is 27.7 Å². The number of fused-ring (bicyclic) bond motifs is 1. The number of ketones is 1. The lowest BCUT2D eigenvalue weighted by Gasteiger charge is -2.24. The molecule has 0 bridgehead atoms. The molecule has 2 aromatic rings. The predicted molar refractivity (Wildman–Crippen MR) is 138 cm³/mol. The number of ether oxygens (including phenoxy) is 3. The van der Waals surface area contributed by atoms with Gasteiger partial charge in [0.1, 0.15) is 17.1 Å². The minimum atomic E-state index is -5.32. The van der Waals surface area contributed by atoms with Crippen molar-refractivity contribution in [2.75, 3.05) is 26.8 Å². The van der Waals surface area contributed by atoms with Crippen LogP contribution >= 0.6 is 0 Å². The molecule has 0 spiro atoms. The van der Waals surface area contributed by atoms with Crippen LogP contribution in [0.2, 0.25) is 0 Å². The van der Waals surface area contributed by atoms with Gasteiger partial charge in [-0.15, -0.1) is 0 Å². The lowest BCUT2D eigenvalue weighted by Crippen LogP contribution is -2.31. The highest BCUT2D eigenvalue weighted by Gasteiger charge is 2.42. The Bertz CT molecular complexity index is 1400. The van der Waals surface area contributed by atoms with E-state index < -0.39 is 36.0 Å². The quantitative estimate of drug-likeness (QED) is 0.260. The fourth-order valence-electron chi connectivity index (χ4n) is 3.97. The first-order valence-corrected chi connectivity index (χ1v) is 12.4. The Labute approximate surface area is 233 Å². The molecule has 0 atom stereocenters.